The van der Waals surface area contributed by atoms with Crippen molar-refractivity contribution in [1.29, 1.82) is 0 Å². The first-order chi connectivity index (χ1) is 12.9. The molecule has 5 rings (SSSR count). The van der Waals surface area contributed by atoms with Crippen molar-refractivity contribution >= 4 is 17.8 Å². The Morgan fingerprint density at radius 3 is 2.00 bits per heavy atom. The first kappa shape index (κ1) is 18.7. The molecule has 150 valence electrons. The second-order valence-electron chi connectivity index (χ2n) is 9.42. The largest absolute Gasteiger partial charge is 0.480 e. The standard InChI is InChI=1S/C20H30N2O5/c23-16(11-19-8-13-5-14(9-19)7-15(6-13)10-19)21-12-17(24)22-20(18(25)26)1-3-27-4-2-20/h13-15H,1-12H2,(H,21,23)(H,22,24)(H,25,26). The van der Waals surface area contributed by atoms with E-state index in [4.69, 9.17) is 4.74 Å². The molecular formula is C20H30N2O5. The summed E-state index contributed by atoms with van der Waals surface area (Å²) in [7, 11) is 0. The second kappa shape index (κ2) is 7.08. The molecule has 27 heavy (non-hydrogen) atoms. The summed E-state index contributed by atoms with van der Waals surface area (Å²) < 4.78 is 5.20. The number of carbonyl (C=O) groups is 3. The molecule has 0 aromatic heterocycles. The van der Waals surface area contributed by atoms with Crippen molar-refractivity contribution in [1.82, 2.24) is 10.6 Å². The van der Waals surface area contributed by atoms with E-state index in [9.17, 15) is 19.5 Å². The van der Waals surface area contributed by atoms with E-state index in [1.54, 1.807) is 0 Å². The maximum absolute atomic E-state index is 12.5. The van der Waals surface area contributed by atoms with Gasteiger partial charge in [-0.3, -0.25) is 9.59 Å². The predicted octanol–water partition coefficient (Wildman–Crippen LogP) is 1.46. The molecule has 0 aromatic rings. The SMILES string of the molecule is O=C(CC12CC3CC(CC(C3)C1)C2)NCC(=O)NC1(C(=O)O)CCOCC1. The third-order valence-corrected chi connectivity index (χ3v) is 7.28. The zero-order valence-electron chi connectivity index (χ0n) is 15.8. The van der Waals surface area contributed by atoms with E-state index in [1.165, 1.54) is 19.3 Å². The van der Waals surface area contributed by atoms with Crippen molar-refractivity contribution in [2.45, 2.75) is 63.3 Å². The van der Waals surface area contributed by atoms with Crippen LogP contribution < -0.4 is 10.6 Å². The van der Waals surface area contributed by atoms with Crippen molar-refractivity contribution < 1.29 is 24.2 Å². The van der Waals surface area contributed by atoms with Crippen LogP contribution in [0.5, 0.6) is 0 Å². The van der Waals surface area contributed by atoms with Crippen LogP contribution in [0.25, 0.3) is 0 Å². The number of amides is 2. The van der Waals surface area contributed by atoms with Crippen LogP contribution in [0.4, 0.5) is 0 Å². The fourth-order valence-electron chi connectivity index (χ4n) is 6.51. The normalized spacial score (nSPS) is 36.2. The van der Waals surface area contributed by atoms with Crippen LogP contribution in [-0.2, 0) is 19.1 Å². The molecule has 0 aromatic carbocycles. The Bertz CT molecular complexity index is 591. The van der Waals surface area contributed by atoms with Gasteiger partial charge in [-0.25, -0.2) is 4.79 Å². The molecule has 2 amide bonds. The first-order valence-corrected chi connectivity index (χ1v) is 10.3. The Morgan fingerprint density at radius 2 is 1.48 bits per heavy atom. The number of carbonyl (C=O) groups excluding carboxylic acids is 2. The van der Waals surface area contributed by atoms with Crippen LogP contribution in [0.15, 0.2) is 0 Å². The molecular weight excluding hydrogens is 348 g/mol. The van der Waals surface area contributed by atoms with Crippen LogP contribution >= 0.6 is 0 Å². The van der Waals surface area contributed by atoms with E-state index in [0.29, 0.717) is 19.6 Å². The fraction of sp³-hybridized carbons (Fsp3) is 0.850. The van der Waals surface area contributed by atoms with Crippen LogP contribution in [0, 0.1) is 23.2 Å². The maximum Gasteiger partial charge on any atom is 0.329 e. The molecule has 0 radical (unpaired) electrons. The fourth-order valence-corrected chi connectivity index (χ4v) is 6.51. The maximum atomic E-state index is 12.5. The molecule has 7 nitrogen and oxygen atoms in total. The van der Waals surface area contributed by atoms with Gasteiger partial charge in [-0.15, -0.1) is 0 Å². The van der Waals surface area contributed by atoms with Gasteiger partial charge in [0.2, 0.25) is 11.8 Å². The van der Waals surface area contributed by atoms with Gasteiger partial charge < -0.3 is 20.5 Å². The lowest BCUT2D eigenvalue weighted by Crippen LogP contribution is -2.59. The molecule has 0 unspecified atom stereocenters. The molecule has 3 N–H and O–H groups in total. The van der Waals surface area contributed by atoms with Gasteiger partial charge in [-0.1, -0.05) is 0 Å². The van der Waals surface area contributed by atoms with E-state index in [2.05, 4.69) is 10.6 Å². The van der Waals surface area contributed by atoms with E-state index in [0.717, 1.165) is 37.0 Å². The number of ether oxygens (including phenoxy) is 1. The number of nitrogens with one attached hydrogen (secondary N) is 2. The molecule has 4 saturated carbocycles. The Labute approximate surface area is 159 Å². The second-order valence-corrected chi connectivity index (χ2v) is 9.42. The molecule has 0 atom stereocenters. The smallest absolute Gasteiger partial charge is 0.329 e. The van der Waals surface area contributed by atoms with Gasteiger partial charge in [0.25, 0.3) is 0 Å². The Morgan fingerprint density at radius 1 is 0.926 bits per heavy atom. The van der Waals surface area contributed by atoms with Gasteiger partial charge in [0.15, 0.2) is 0 Å². The summed E-state index contributed by atoms with van der Waals surface area (Å²) >= 11 is 0. The van der Waals surface area contributed by atoms with E-state index >= 15 is 0 Å². The van der Waals surface area contributed by atoms with E-state index in [-0.39, 0.29) is 30.7 Å². The van der Waals surface area contributed by atoms with Crippen molar-refractivity contribution in [3.05, 3.63) is 0 Å². The first-order valence-electron chi connectivity index (χ1n) is 10.3. The Kier molecular flexibility index (Phi) is 4.91. The highest BCUT2D eigenvalue weighted by atomic mass is 16.5. The quantitative estimate of drug-likeness (QED) is 0.649. The lowest BCUT2D eigenvalue weighted by Gasteiger charge is -2.56. The van der Waals surface area contributed by atoms with Crippen LogP contribution in [0.1, 0.15) is 57.8 Å². The highest BCUT2D eigenvalue weighted by Crippen LogP contribution is 2.61. The van der Waals surface area contributed by atoms with Gasteiger partial charge in [0.1, 0.15) is 5.54 Å². The molecule has 5 aliphatic rings. The summed E-state index contributed by atoms with van der Waals surface area (Å²) in [5.74, 6) is 0.796. The molecule has 4 bridgehead atoms. The minimum atomic E-state index is -1.28. The van der Waals surface area contributed by atoms with Gasteiger partial charge in [-0.2, -0.15) is 0 Å². The zero-order chi connectivity index (χ0) is 19.1. The summed E-state index contributed by atoms with van der Waals surface area (Å²) in [6.45, 7) is 0.455. The third-order valence-electron chi connectivity index (χ3n) is 7.28. The van der Waals surface area contributed by atoms with Crippen LogP contribution in [-0.4, -0.2) is 48.2 Å². The topological polar surface area (TPSA) is 105 Å². The number of hydrogen-bond donors (Lipinski definition) is 3. The number of rotatable bonds is 6. The molecule has 5 fully saturated rings. The molecule has 1 heterocycles. The summed E-state index contributed by atoms with van der Waals surface area (Å²) in [6.07, 6.45) is 8.47. The van der Waals surface area contributed by atoms with Crippen LogP contribution in [0.3, 0.4) is 0 Å². The molecule has 0 spiro atoms. The molecule has 7 heteroatoms. The van der Waals surface area contributed by atoms with Crippen molar-refractivity contribution in [2.75, 3.05) is 19.8 Å². The zero-order valence-corrected chi connectivity index (χ0v) is 15.8. The predicted molar refractivity (Wildman–Crippen MR) is 96.8 cm³/mol. The number of hydrogen-bond acceptors (Lipinski definition) is 4. The molecule has 4 aliphatic carbocycles. The van der Waals surface area contributed by atoms with Gasteiger partial charge in [0, 0.05) is 32.5 Å². The van der Waals surface area contributed by atoms with Crippen molar-refractivity contribution in [2.24, 2.45) is 23.2 Å². The Hall–Kier alpha value is -1.63. The molecule has 1 saturated heterocycles. The average Bonchev–Trinajstić information content (AvgIpc) is 2.59. The van der Waals surface area contributed by atoms with Crippen molar-refractivity contribution in [3.8, 4) is 0 Å². The summed E-state index contributed by atoms with van der Waals surface area (Å²) in [5, 5.41) is 14.8. The minimum Gasteiger partial charge on any atom is -0.480 e. The van der Waals surface area contributed by atoms with E-state index < -0.39 is 17.4 Å². The minimum absolute atomic E-state index is 0.0801. The Balaban J connectivity index is 1.28. The highest BCUT2D eigenvalue weighted by Gasteiger charge is 2.51. The third kappa shape index (κ3) is 3.84. The summed E-state index contributed by atoms with van der Waals surface area (Å²) in [4.78, 5) is 36.4. The van der Waals surface area contributed by atoms with Gasteiger partial charge in [0.05, 0.1) is 6.54 Å². The molecule has 1 aliphatic heterocycles. The average molecular weight is 378 g/mol. The van der Waals surface area contributed by atoms with Crippen LogP contribution in [0.2, 0.25) is 0 Å². The summed E-state index contributed by atoms with van der Waals surface area (Å²) in [5.41, 5.74) is -1.14. The number of aliphatic carboxylic acids is 1. The van der Waals surface area contributed by atoms with Gasteiger partial charge in [-0.05, 0) is 61.7 Å². The van der Waals surface area contributed by atoms with Crippen molar-refractivity contribution in [3.63, 3.8) is 0 Å². The lowest BCUT2D eigenvalue weighted by atomic mass is 9.49. The lowest BCUT2D eigenvalue weighted by molar-refractivity contribution is -0.152. The highest BCUT2D eigenvalue weighted by molar-refractivity contribution is 5.90. The number of carboxylic acids is 1. The monoisotopic (exact) mass is 378 g/mol. The number of carboxylic acid groups (broad SMARTS) is 1. The summed E-state index contributed by atoms with van der Waals surface area (Å²) in [6, 6.07) is 0. The van der Waals surface area contributed by atoms with E-state index in [1.807, 2.05) is 0 Å². The van der Waals surface area contributed by atoms with Gasteiger partial charge >= 0.3 is 5.97 Å².